The molecule has 0 aliphatic carbocycles. The fourth-order valence-corrected chi connectivity index (χ4v) is 6.53. The minimum absolute atomic E-state index is 0.0311. The van der Waals surface area contributed by atoms with Gasteiger partial charge in [-0.15, -0.1) is 4.79 Å². The SMILES string of the molecule is CCCCCOc1ccc(OCCCCC)c(S(=O)(=O)C(=[N+]=[N-])S(=O)(=O)c2ccccc2)c1. The van der Waals surface area contributed by atoms with Crippen LogP contribution in [0.1, 0.15) is 52.4 Å². The molecule has 0 atom stereocenters. The van der Waals surface area contributed by atoms with Crippen LogP contribution in [0.15, 0.2) is 58.3 Å². The van der Waals surface area contributed by atoms with Crippen molar-refractivity contribution in [2.45, 2.75) is 62.2 Å². The van der Waals surface area contributed by atoms with E-state index >= 15 is 0 Å². The van der Waals surface area contributed by atoms with Crippen molar-refractivity contribution in [3.05, 3.63) is 54.1 Å². The number of hydrogen-bond donors (Lipinski definition) is 0. The third-order valence-electron chi connectivity index (χ3n) is 4.82. The van der Waals surface area contributed by atoms with Crippen LogP contribution in [0.25, 0.3) is 5.53 Å². The van der Waals surface area contributed by atoms with Gasteiger partial charge < -0.3 is 15.0 Å². The van der Waals surface area contributed by atoms with Crippen molar-refractivity contribution in [3.63, 3.8) is 0 Å². The summed E-state index contributed by atoms with van der Waals surface area (Å²) in [5.74, 6) is 0.219. The zero-order chi connectivity index (χ0) is 24.3. The standard InChI is InChI=1S/C23H30N2O6S2/c1-3-5-10-16-30-19-14-15-21(31-17-11-6-4-2)22(18-19)33(28,29)23(25-24)32(26,27)20-12-8-7-9-13-20/h7-9,12-15,18H,3-6,10-11,16-17H2,1-2H3. The summed E-state index contributed by atoms with van der Waals surface area (Å²) >= 11 is 0. The largest absolute Gasteiger partial charge is 0.504 e. The van der Waals surface area contributed by atoms with Gasteiger partial charge in [0, 0.05) is 6.07 Å². The Morgan fingerprint density at radius 1 is 0.818 bits per heavy atom. The van der Waals surface area contributed by atoms with Gasteiger partial charge in [0.25, 0.3) is 19.7 Å². The van der Waals surface area contributed by atoms with Gasteiger partial charge in [0.05, 0.1) is 18.1 Å². The van der Waals surface area contributed by atoms with E-state index in [4.69, 9.17) is 9.47 Å². The molecule has 0 unspecified atom stereocenters. The van der Waals surface area contributed by atoms with Crippen molar-refractivity contribution in [2.75, 3.05) is 13.2 Å². The second-order valence-electron chi connectivity index (χ2n) is 7.41. The van der Waals surface area contributed by atoms with Crippen LogP contribution in [-0.2, 0) is 19.7 Å². The molecule has 0 amide bonds. The third kappa shape index (κ3) is 6.90. The first kappa shape index (κ1) is 26.6. The number of hydrogen-bond acceptors (Lipinski definition) is 6. The molecule has 0 aliphatic heterocycles. The molecule has 2 aromatic carbocycles. The van der Waals surface area contributed by atoms with E-state index in [1.165, 1.54) is 36.4 Å². The predicted octanol–water partition coefficient (Wildman–Crippen LogP) is 4.66. The van der Waals surface area contributed by atoms with E-state index in [0.29, 0.717) is 13.0 Å². The molecule has 10 heteroatoms. The van der Waals surface area contributed by atoms with Gasteiger partial charge in [0.2, 0.25) is 0 Å². The summed E-state index contributed by atoms with van der Waals surface area (Å²) in [4.78, 5) is 1.96. The Morgan fingerprint density at radius 2 is 1.42 bits per heavy atom. The summed E-state index contributed by atoms with van der Waals surface area (Å²) in [6.45, 7) is 4.72. The number of sulfone groups is 2. The van der Waals surface area contributed by atoms with Crippen LogP contribution in [0.4, 0.5) is 0 Å². The first-order chi connectivity index (χ1) is 15.8. The van der Waals surface area contributed by atoms with E-state index in [1.807, 2.05) is 6.92 Å². The van der Waals surface area contributed by atoms with Gasteiger partial charge in [-0.05, 0) is 37.1 Å². The van der Waals surface area contributed by atoms with E-state index in [-0.39, 0.29) is 23.0 Å². The van der Waals surface area contributed by atoms with E-state index in [9.17, 15) is 22.4 Å². The molecule has 0 N–H and O–H groups in total. The lowest BCUT2D eigenvalue weighted by Gasteiger charge is -2.13. The fraction of sp³-hybridized carbons (Fsp3) is 0.435. The average Bonchev–Trinajstić information content (AvgIpc) is 2.80. The van der Waals surface area contributed by atoms with Crippen LogP contribution in [0, 0.1) is 0 Å². The average molecular weight is 495 g/mol. The third-order valence-corrected chi connectivity index (χ3v) is 9.01. The molecule has 0 saturated carbocycles. The number of ether oxygens (including phenoxy) is 2. The van der Waals surface area contributed by atoms with Crippen molar-refractivity contribution < 1.29 is 31.1 Å². The summed E-state index contributed by atoms with van der Waals surface area (Å²) in [6, 6.07) is 11.1. The maximum absolute atomic E-state index is 13.4. The zero-order valence-electron chi connectivity index (χ0n) is 18.9. The van der Waals surface area contributed by atoms with Crippen molar-refractivity contribution in [1.29, 1.82) is 0 Å². The van der Waals surface area contributed by atoms with Crippen LogP contribution in [-0.4, -0.2) is 39.2 Å². The smallest absolute Gasteiger partial charge is 0.494 e. The quantitative estimate of drug-likeness (QED) is 0.139. The molecule has 0 spiro atoms. The molecule has 0 radical (unpaired) electrons. The van der Waals surface area contributed by atoms with Crippen LogP contribution in [0.2, 0.25) is 0 Å². The number of nitrogens with zero attached hydrogens (tertiary/aromatic N) is 2. The van der Waals surface area contributed by atoms with Crippen LogP contribution in [0.5, 0.6) is 11.5 Å². The predicted molar refractivity (Wildman–Crippen MR) is 126 cm³/mol. The number of benzene rings is 2. The summed E-state index contributed by atoms with van der Waals surface area (Å²) in [5.41, 5.74) is 9.48. The van der Waals surface area contributed by atoms with E-state index in [1.54, 1.807) is 12.1 Å². The van der Waals surface area contributed by atoms with Gasteiger partial charge >= 0.3 is 4.38 Å². The van der Waals surface area contributed by atoms with Gasteiger partial charge in [0.15, 0.2) is 0 Å². The Bertz CT molecular complexity index is 1170. The van der Waals surface area contributed by atoms with Crippen molar-refractivity contribution in [2.24, 2.45) is 0 Å². The van der Waals surface area contributed by atoms with Gasteiger partial charge in [0.1, 0.15) is 16.4 Å². The Balaban J connectivity index is 2.49. The molecule has 2 aromatic rings. The van der Waals surface area contributed by atoms with Crippen LogP contribution >= 0.6 is 0 Å². The molecule has 2 rings (SSSR count). The monoisotopic (exact) mass is 494 g/mol. The highest BCUT2D eigenvalue weighted by Crippen LogP contribution is 2.32. The Hall–Kier alpha value is -2.68. The molecule has 0 aliphatic rings. The minimum atomic E-state index is -4.78. The molecular weight excluding hydrogens is 464 g/mol. The van der Waals surface area contributed by atoms with Crippen LogP contribution in [0.3, 0.4) is 0 Å². The van der Waals surface area contributed by atoms with Crippen molar-refractivity contribution in [3.8, 4) is 11.5 Å². The molecule has 0 saturated heterocycles. The molecule has 0 heterocycles. The summed E-state index contributed by atoms with van der Waals surface area (Å²) in [6.07, 6.45) is 5.30. The lowest BCUT2D eigenvalue weighted by Crippen LogP contribution is -2.26. The van der Waals surface area contributed by atoms with E-state index in [0.717, 1.165) is 32.1 Å². The number of unbranched alkanes of at least 4 members (excludes halogenated alkanes) is 4. The lowest BCUT2D eigenvalue weighted by atomic mass is 10.2. The second kappa shape index (κ2) is 12.5. The van der Waals surface area contributed by atoms with Gasteiger partial charge in [-0.2, -0.15) is 0 Å². The van der Waals surface area contributed by atoms with Gasteiger partial charge in [-0.3, -0.25) is 0 Å². The second-order valence-corrected chi connectivity index (χ2v) is 11.4. The minimum Gasteiger partial charge on any atom is -0.494 e. The first-order valence-corrected chi connectivity index (χ1v) is 13.9. The highest BCUT2D eigenvalue weighted by atomic mass is 32.3. The van der Waals surface area contributed by atoms with Crippen molar-refractivity contribution >= 4 is 24.1 Å². The molecule has 0 aromatic heterocycles. The lowest BCUT2D eigenvalue weighted by molar-refractivity contribution is 0.00379. The molecule has 180 valence electrons. The Morgan fingerprint density at radius 3 is 2.00 bits per heavy atom. The topological polar surface area (TPSA) is 123 Å². The highest BCUT2D eigenvalue weighted by Gasteiger charge is 2.45. The molecule has 8 nitrogen and oxygen atoms in total. The summed E-state index contributed by atoms with van der Waals surface area (Å²) in [7, 11) is -9.41. The van der Waals surface area contributed by atoms with E-state index in [2.05, 4.69) is 11.7 Å². The maximum Gasteiger partial charge on any atom is 0.504 e. The normalized spacial score (nSPS) is 11.6. The van der Waals surface area contributed by atoms with E-state index < -0.39 is 28.9 Å². The van der Waals surface area contributed by atoms with Gasteiger partial charge in [-0.1, -0.05) is 57.7 Å². The van der Waals surface area contributed by atoms with Gasteiger partial charge in [-0.25, -0.2) is 16.8 Å². The molecular formula is C23H30N2O6S2. The summed E-state index contributed by atoms with van der Waals surface area (Å²) < 4.78 is 62.7. The Labute approximate surface area is 196 Å². The van der Waals surface area contributed by atoms with Crippen molar-refractivity contribution in [1.82, 2.24) is 0 Å². The molecule has 0 fully saturated rings. The molecule has 0 bridgehead atoms. The fourth-order valence-electron chi connectivity index (χ4n) is 3.03. The first-order valence-electron chi connectivity index (χ1n) is 11.0. The summed E-state index contributed by atoms with van der Waals surface area (Å²) in [5, 5.41) is 0. The highest BCUT2D eigenvalue weighted by molar-refractivity contribution is 8.31. The zero-order valence-corrected chi connectivity index (χ0v) is 20.6. The van der Waals surface area contributed by atoms with Crippen LogP contribution < -0.4 is 9.47 Å². The molecule has 33 heavy (non-hydrogen) atoms. The maximum atomic E-state index is 13.4. The Kier molecular flexibility index (Phi) is 10.1. The number of rotatable bonds is 12.